The van der Waals surface area contributed by atoms with E-state index in [0.29, 0.717) is 0 Å². The molecule has 108 valence electrons. The first-order valence-corrected chi connectivity index (χ1v) is 7.62. The van der Waals surface area contributed by atoms with E-state index in [1.54, 1.807) is 18.4 Å². The van der Waals surface area contributed by atoms with Crippen LogP contribution < -0.4 is 10.5 Å². The van der Waals surface area contributed by atoms with E-state index in [0.717, 1.165) is 12.3 Å². The van der Waals surface area contributed by atoms with Crippen molar-refractivity contribution in [2.24, 2.45) is 5.73 Å². The molecule has 4 heteroatoms. The van der Waals surface area contributed by atoms with E-state index in [4.69, 9.17) is 10.5 Å². The number of benzene rings is 1. The highest BCUT2D eigenvalue weighted by atomic mass is 32.1. The van der Waals surface area contributed by atoms with E-state index < -0.39 is 0 Å². The second kappa shape index (κ2) is 6.88. The van der Waals surface area contributed by atoms with Gasteiger partial charge < -0.3 is 10.5 Å². The lowest BCUT2D eigenvalue weighted by Crippen LogP contribution is -2.36. The molecule has 20 heavy (non-hydrogen) atoms. The Bertz CT molecular complexity index is 508. The van der Waals surface area contributed by atoms with Gasteiger partial charge in [0.1, 0.15) is 5.75 Å². The smallest absolute Gasteiger partial charge is 0.118 e. The Morgan fingerprint density at radius 2 is 1.95 bits per heavy atom. The summed E-state index contributed by atoms with van der Waals surface area (Å²) in [5, 5.41) is 2.11. The Labute approximate surface area is 125 Å². The maximum absolute atomic E-state index is 6.20. The molecule has 2 N–H and O–H groups in total. The van der Waals surface area contributed by atoms with Crippen LogP contribution in [0.3, 0.4) is 0 Å². The van der Waals surface area contributed by atoms with Crippen molar-refractivity contribution >= 4 is 11.3 Å². The molecule has 0 amide bonds. The van der Waals surface area contributed by atoms with Gasteiger partial charge in [0.15, 0.2) is 0 Å². The number of rotatable bonds is 6. The third-order valence-electron chi connectivity index (χ3n) is 3.42. The molecule has 2 aromatic rings. The van der Waals surface area contributed by atoms with Crippen LogP contribution in [0, 0.1) is 0 Å². The fraction of sp³-hybridized carbons (Fsp3) is 0.375. The standard InChI is InChI=1S/C16H22N2OS/c1-12(17)16(13-6-8-14(19-3)9-7-13)18(2)11-15-5-4-10-20-15/h4-10,12,16H,11,17H2,1-3H3. The van der Waals surface area contributed by atoms with Crippen LogP contribution in [0.15, 0.2) is 41.8 Å². The zero-order valence-electron chi connectivity index (χ0n) is 12.2. The Morgan fingerprint density at radius 1 is 1.25 bits per heavy atom. The quantitative estimate of drug-likeness (QED) is 0.887. The van der Waals surface area contributed by atoms with Crippen molar-refractivity contribution in [3.63, 3.8) is 0 Å². The molecular formula is C16H22N2OS. The Balaban J connectivity index is 2.16. The summed E-state index contributed by atoms with van der Waals surface area (Å²) in [6.07, 6.45) is 0. The second-order valence-electron chi connectivity index (χ2n) is 5.07. The SMILES string of the molecule is COc1ccc(C(C(C)N)N(C)Cc2cccs2)cc1. The molecule has 1 aromatic heterocycles. The zero-order chi connectivity index (χ0) is 14.5. The highest BCUT2D eigenvalue weighted by Gasteiger charge is 2.21. The van der Waals surface area contributed by atoms with Gasteiger partial charge in [0, 0.05) is 23.5 Å². The Kier molecular flexibility index (Phi) is 5.17. The molecule has 0 spiro atoms. The molecule has 0 aliphatic rings. The van der Waals surface area contributed by atoms with Crippen molar-refractivity contribution in [2.75, 3.05) is 14.2 Å². The molecule has 0 bridgehead atoms. The van der Waals surface area contributed by atoms with Crippen LogP contribution in [0.1, 0.15) is 23.4 Å². The van der Waals surface area contributed by atoms with Gasteiger partial charge in [0.2, 0.25) is 0 Å². The predicted molar refractivity (Wildman–Crippen MR) is 85.2 cm³/mol. The largest absolute Gasteiger partial charge is 0.497 e. The summed E-state index contributed by atoms with van der Waals surface area (Å²) in [7, 11) is 3.80. The fourth-order valence-electron chi connectivity index (χ4n) is 2.51. The van der Waals surface area contributed by atoms with Crippen molar-refractivity contribution in [3.05, 3.63) is 52.2 Å². The third kappa shape index (κ3) is 3.60. The molecule has 1 heterocycles. The van der Waals surface area contributed by atoms with Crippen LogP contribution in [0.5, 0.6) is 5.75 Å². The molecule has 0 saturated heterocycles. The van der Waals surface area contributed by atoms with E-state index in [9.17, 15) is 0 Å². The molecule has 2 rings (SSSR count). The fourth-order valence-corrected chi connectivity index (χ4v) is 3.27. The van der Waals surface area contributed by atoms with Crippen molar-refractivity contribution in [2.45, 2.75) is 25.6 Å². The summed E-state index contributed by atoms with van der Waals surface area (Å²) in [5.41, 5.74) is 7.42. The number of ether oxygens (including phenoxy) is 1. The molecule has 0 aliphatic heterocycles. The minimum Gasteiger partial charge on any atom is -0.497 e. The summed E-state index contributed by atoms with van der Waals surface area (Å²) in [4.78, 5) is 3.66. The Morgan fingerprint density at radius 3 is 2.45 bits per heavy atom. The monoisotopic (exact) mass is 290 g/mol. The van der Waals surface area contributed by atoms with Crippen LogP contribution in [0.2, 0.25) is 0 Å². The Hall–Kier alpha value is -1.36. The molecule has 2 atom stereocenters. The minimum atomic E-state index is 0.0633. The maximum atomic E-state index is 6.20. The summed E-state index contributed by atoms with van der Waals surface area (Å²) < 4.78 is 5.21. The van der Waals surface area contributed by atoms with Gasteiger partial charge in [0.25, 0.3) is 0 Å². The summed E-state index contributed by atoms with van der Waals surface area (Å²) in [5.74, 6) is 0.873. The molecule has 2 unspecified atom stereocenters. The van der Waals surface area contributed by atoms with Crippen LogP contribution in [0.25, 0.3) is 0 Å². The van der Waals surface area contributed by atoms with Gasteiger partial charge in [-0.1, -0.05) is 18.2 Å². The van der Waals surface area contributed by atoms with Gasteiger partial charge in [0.05, 0.1) is 7.11 Å². The number of hydrogen-bond donors (Lipinski definition) is 1. The van der Waals surface area contributed by atoms with Crippen molar-refractivity contribution in [1.29, 1.82) is 0 Å². The van der Waals surface area contributed by atoms with Crippen molar-refractivity contribution in [1.82, 2.24) is 4.90 Å². The number of hydrogen-bond acceptors (Lipinski definition) is 4. The molecule has 3 nitrogen and oxygen atoms in total. The van der Waals surface area contributed by atoms with Gasteiger partial charge in [-0.25, -0.2) is 0 Å². The van der Waals surface area contributed by atoms with E-state index in [1.807, 2.05) is 12.1 Å². The lowest BCUT2D eigenvalue weighted by molar-refractivity contribution is 0.212. The first kappa shape index (κ1) is 15.0. The van der Waals surface area contributed by atoms with Crippen LogP contribution in [-0.4, -0.2) is 25.1 Å². The van der Waals surface area contributed by atoms with Gasteiger partial charge >= 0.3 is 0 Å². The molecule has 0 aliphatic carbocycles. The molecule has 0 radical (unpaired) electrons. The van der Waals surface area contributed by atoms with Crippen molar-refractivity contribution < 1.29 is 4.74 Å². The van der Waals surface area contributed by atoms with Gasteiger partial charge in [-0.05, 0) is 43.1 Å². The van der Waals surface area contributed by atoms with Crippen molar-refractivity contribution in [3.8, 4) is 5.75 Å². The second-order valence-corrected chi connectivity index (χ2v) is 6.10. The van der Waals surface area contributed by atoms with E-state index >= 15 is 0 Å². The normalized spacial score (nSPS) is 14.2. The molecular weight excluding hydrogens is 268 g/mol. The van der Waals surface area contributed by atoms with E-state index in [2.05, 4.69) is 48.5 Å². The van der Waals surface area contributed by atoms with Crippen LogP contribution in [0.4, 0.5) is 0 Å². The first-order chi connectivity index (χ1) is 9.61. The van der Waals surface area contributed by atoms with E-state index in [1.165, 1.54) is 10.4 Å². The zero-order valence-corrected chi connectivity index (χ0v) is 13.1. The topological polar surface area (TPSA) is 38.5 Å². The molecule has 1 aromatic carbocycles. The maximum Gasteiger partial charge on any atom is 0.118 e. The van der Waals surface area contributed by atoms with Gasteiger partial charge in [-0.3, -0.25) is 4.90 Å². The first-order valence-electron chi connectivity index (χ1n) is 6.74. The highest BCUT2D eigenvalue weighted by Crippen LogP contribution is 2.26. The average molecular weight is 290 g/mol. The summed E-state index contributed by atoms with van der Waals surface area (Å²) in [6, 6.07) is 12.7. The highest BCUT2D eigenvalue weighted by molar-refractivity contribution is 7.09. The molecule has 0 fully saturated rings. The lowest BCUT2D eigenvalue weighted by atomic mass is 9.99. The summed E-state index contributed by atoms with van der Waals surface area (Å²) in [6.45, 7) is 2.97. The number of nitrogens with two attached hydrogens (primary N) is 1. The lowest BCUT2D eigenvalue weighted by Gasteiger charge is -2.31. The number of nitrogens with zero attached hydrogens (tertiary/aromatic N) is 1. The number of methoxy groups -OCH3 is 1. The minimum absolute atomic E-state index is 0.0633. The average Bonchev–Trinajstić information content (AvgIpc) is 2.92. The van der Waals surface area contributed by atoms with Crippen LogP contribution in [-0.2, 0) is 6.54 Å². The number of likely N-dealkylation sites (N-methyl/N-ethyl adjacent to an activating group) is 1. The predicted octanol–water partition coefficient (Wildman–Crippen LogP) is 3.28. The molecule has 0 saturated carbocycles. The van der Waals surface area contributed by atoms with E-state index in [-0.39, 0.29) is 12.1 Å². The van der Waals surface area contributed by atoms with Crippen LogP contribution >= 0.6 is 11.3 Å². The third-order valence-corrected chi connectivity index (χ3v) is 4.28. The van der Waals surface area contributed by atoms with Gasteiger partial charge in [-0.15, -0.1) is 11.3 Å². The van der Waals surface area contributed by atoms with Gasteiger partial charge in [-0.2, -0.15) is 0 Å². The summed E-state index contributed by atoms with van der Waals surface area (Å²) >= 11 is 1.78. The number of thiophene rings is 1.